The van der Waals surface area contributed by atoms with Crippen molar-refractivity contribution in [3.63, 3.8) is 0 Å². The van der Waals surface area contributed by atoms with Gasteiger partial charge in [0.2, 0.25) is 0 Å². The normalized spacial score (nSPS) is 20.4. The summed E-state index contributed by atoms with van der Waals surface area (Å²) in [7, 11) is -1.06. The van der Waals surface area contributed by atoms with Crippen molar-refractivity contribution in [1.29, 1.82) is 0 Å². The van der Waals surface area contributed by atoms with Gasteiger partial charge in [-0.2, -0.15) is 0 Å². The van der Waals surface area contributed by atoms with Crippen molar-refractivity contribution in [2.75, 3.05) is 13.7 Å². The Morgan fingerprint density at radius 2 is 1.39 bits per heavy atom. The lowest BCUT2D eigenvalue weighted by atomic mass is 9.98. The molecule has 38 heavy (non-hydrogen) atoms. The highest BCUT2D eigenvalue weighted by Crippen LogP contribution is 2.38. The van der Waals surface area contributed by atoms with Crippen LogP contribution in [0.4, 0.5) is 0 Å². The molecule has 0 aliphatic carbocycles. The van der Waals surface area contributed by atoms with E-state index in [1.807, 2.05) is 36.4 Å². The number of aliphatic hydroxyl groups is 1. The molecule has 204 valence electrons. The third-order valence-electron chi connectivity index (χ3n) is 7.49. The Morgan fingerprint density at radius 1 is 0.842 bits per heavy atom. The van der Waals surface area contributed by atoms with Crippen molar-refractivity contribution >= 4 is 18.7 Å². The van der Waals surface area contributed by atoms with Gasteiger partial charge in [0.1, 0.15) is 11.9 Å². The quantitative estimate of drug-likeness (QED) is 0.368. The van der Waals surface area contributed by atoms with Crippen LogP contribution in [0.25, 0.3) is 0 Å². The lowest BCUT2D eigenvalue weighted by molar-refractivity contribution is -0.100. The fourth-order valence-corrected chi connectivity index (χ4v) is 9.96. The fraction of sp³-hybridized carbons (Fsp3) is 0.438. The second-order valence-electron chi connectivity index (χ2n) is 11.7. The van der Waals surface area contributed by atoms with Gasteiger partial charge in [0, 0.05) is 6.42 Å². The first-order chi connectivity index (χ1) is 18.0. The molecule has 1 aliphatic rings. The van der Waals surface area contributed by atoms with Crippen LogP contribution in [0.15, 0.2) is 84.9 Å². The molecular formula is C32H42O5Si. The van der Waals surface area contributed by atoms with Crippen LogP contribution in [0, 0.1) is 0 Å². The minimum Gasteiger partial charge on any atom is -0.497 e. The smallest absolute Gasteiger partial charge is 0.261 e. The van der Waals surface area contributed by atoms with Crippen LogP contribution in [-0.4, -0.2) is 51.1 Å². The van der Waals surface area contributed by atoms with Gasteiger partial charge in [-0.1, -0.05) is 93.6 Å². The van der Waals surface area contributed by atoms with Gasteiger partial charge in [0.05, 0.1) is 38.1 Å². The van der Waals surface area contributed by atoms with Gasteiger partial charge < -0.3 is 23.7 Å². The summed E-state index contributed by atoms with van der Waals surface area (Å²) in [6.07, 6.45) is -0.233. The number of ether oxygens (including phenoxy) is 3. The number of hydrogen-bond acceptors (Lipinski definition) is 5. The molecule has 6 heteroatoms. The van der Waals surface area contributed by atoms with Crippen molar-refractivity contribution in [3.05, 3.63) is 90.5 Å². The maximum absolute atomic E-state index is 10.8. The van der Waals surface area contributed by atoms with Crippen molar-refractivity contribution in [1.82, 2.24) is 0 Å². The summed E-state index contributed by atoms with van der Waals surface area (Å²) in [6, 6.07) is 29.1. The molecule has 1 fully saturated rings. The molecule has 3 aromatic rings. The summed E-state index contributed by atoms with van der Waals surface area (Å²) in [5.41, 5.74) is 0.0811. The van der Waals surface area contributed by atoms with Crippen molar-refractivity contribution < 1.29 is 23.7 Å². The standard InChI is InChI=1S/C32H42O5Si/c1-31(2,3)38(26-13-9-7-10-14-26,27-15-11-8-12-16-27)36-23-29-28(21-30(37-29)32(4,5)33)35-22-24-17-19-25(34-6)20-18-24/h7-20,28-30,33H,21-23H2,1-6H3/t28-,29+,30+/m0/s1. The molecule has 0 unspecified atom stereocenters. The van der Waals surface area contributed by atoms with E-state index in [1.54, 1.807) is 21.0 Å². The molecule has 1 aliphatic heterocycles. The highest BCUT2D eigenvalue weighted by atomic mass is 28.4. The molecule has 0 spiro atoms. The summed E-state index contributed by atoms with van der Waals surface area (Å²) in [5, 5.41) is 13.1. The monoisotopic (exact) mass is 534 g/mol. The second kappa shape index (κ2) is 11.7. The summed E-state index contributed by atoms with van der Waals surface area (Å²) >= 11 is 0. The molecule has 0 saturated carbocycles. The molecule has 0 amide bonds. The molecule has 0 radical (unpaired) electrons. The zero-order valence-electron chi connectivity index (χ0n) is 23.5. The average Bonchev–Trinajstić information content (AvgIpc) is 3.32. The first kappa shape index (κ1) is 28.5. The molecular weight excluding hydrogens is 492 g/mol. The zero-order chi connectivity index (χ0) is 27.4. The Labute approximate surface area is 228 Å². The summed E-state index contributed by atoms with van der Waals surface area (Å²) in [5.74, 6) is 0.816. The van der Waals surface area contributed by atoms with Crippen molar-refractivity contribution in [2.24, 2.45) is 0 Å². The van der Waals surface area contributed by atoms with Crippen LogP contribution in [-0.2, 0) is 20.5 Å². The van der Waals surface area contributed by atoms with E-state index >= 15 is 0 Å². The molecule has 3 aromatic carbocycles. The molecule has 0 bridgehead atoms. The van der Waals surface area contributed by atoms with Crippen molar-refractivity contribution in [3.8, 4) is 5.75 Å². The molecule has 1 saturated heterocycles. The van der Waals surface area contributed by atoms with E-state index in [4.69, 9.17) is 18.6 Å². The predicted octanol–water partition coefficient (Wildman–Crippen LogP) is 5.09. The highest BCUT2D eigenvalue weighted by molar-refractivity contribution is 6.99. The molecule has 4 rings (SSSR count). The van der Waals surface area contributed by atoms with Gasteiger partial charge in [-0.05, 0) is 47.0 Å². The first-order valence-corrected chi connectivity index (χ1v) is 15.3. The fourth-order valence-electron chi connectivity index (χ4n) is 5.39. The molecule has 1 N–H and O–H groups in total. The minimum absolute atomic E-state index is 0.136. The van der Waals surface area contributed by atoms with E-state index in [0.717, 1.165) is 11.3 Å². The van der Waals surface area contributed by atoms with Crippen LogP contribution in [0.3, 0.4) is 0 Å². The Hall–Kier alpha value is -2.48. The molecule has 1 heterocycles. The maximum atomic E-state index is 10.8. The van der Waals surface area contributed by atoms with Crippen LogP contribution >= 0.6 is 0 Å². The van der Waals surface area contributed by atoms with Crippen LogP contribution in [0.5, 0.6) is 5.75 Å². The molecule has 5 nitrogen and oxygen atoms in total. The van der Waals surface area contributed by atoms with Crippen LogP contribution < -0.4 is 15.1 Å². The Balaban J connectivity index is 1.61. The molecule has 0 aromatic heterocycles. The van der Waals surface area contributed by atoms with Crippen LogP contribution in [0.1, 0.15) is 46.6 Å². The van der Waals surface area contributed by atoms with E-state index in [-0.39, 0.29) is 23.4 Å². The predicted molar refractivity (Wildman–Crippen MR) is 155 cm³/mol. The lowest BCUT2D eigenvalue weighted by Gasteiger charge is -2.43. The summed E-state index contributed by atoms with van der Waals surface area (Å²) in [4.78, 5) is 0. The largest absolute Gasteiger partial charge is 0.497 e. The third kappa shape index (κ3) is 6.21. The zero-order valence-corrected chi connectivity index (χ0v) is 24.5. The minimum atomic E-state index is -2.72. The topological polar surface area (TPSA) is 57.2 Å². The number of benzene rings is 3. The summed E-state index contributed by atoms with van der Waals surface area (Å²) in [6.45, 7) is 11.2. The van der Waals surface area contributed by atoms with E-state index in [0.29, 0.717) is 19.6 Å². The van der Waals surface area contributed by atoms with Crippen molar-refractivity contribution in [2.45, 2.75) is 76.6 Å². The van der Waals surface area contributed by atoms with Gasteiger partial charge in [-0.25, -0.2) is 0 Å². The lowest BCUT2D eigenvalue weighted by Crippen LogP contribution is -2.67. The average molecular weight is 535 g/mol. The van der Waals surface area contributed by atoms with Gasteiger partial charge in [0.15, 0.2) is 0 Å². The number of rotatable bonds is 10. The third-order valence-corrected chi connectivity index (χ3v) is 12.5. The number of methoxy groups -OCH3 is 1. The first-order valence-electron chi connectivity index (χ1n) is 13.4. The van der Waals surface area contributed by atoms with E-state index in [1.165, 1.54) is 10.4 Å². The SMILES string of the molecule is COc1ccc(CO[C@H]2C[C@H](C(C)(C)O)O[C@@H]2CO[Si](c2ccccc2)(c2ccccc2)C(C)(C)C)cc1. The van der Waals surface area contributed by atoms with Crippen LogP contribution in [0.2, 0.25) is 5.04 Å². The van der Waals surface area contributed by atoms with Gasteiger partial charge in [-0.3, -0.25) is 0 Å². The maximum Gasteiger partial charge on any atom is 0.261 e. The van der Waals surface area contributed by atoms with Gasteiger partial charge in [-0.15, -0.1) is 0 Å². The number of hydrogen-bond donors (Lipinski definition) is 1. The highest BCUT2D eigenvalue weighted by Gasteiger charge is 2.52. The van der Waals surface area contributed by atoms with Gasteiger partial charge in [0.25, 0.3) is 8.32 Å². The second-order valence-corrected chi connectivity index (χ2v) is 16.0. The Bertz CT molecular complexity index is 1100. The van der Waals surface area contributed by atoms with E-state index in [9.17, 15) is 5.11 Å². The van der Waals surface area contributed by atoms with E-state index < -0.39 is 13.9 Å². The Morgan fingerprint density at radius 3 is 1.87 bits per heavy atom. The van der Waals surface area contributed by atoms with E-state index in [2.05, 4.69) is 69.3 Å². The Kier molecular flexibility index (Phi) is 8.80. The molecule has 3 atom stereocenters. The van der Waals surface area contributed by atoms with Gasteiger partial charge >= 0.3 is 0 Å². The summed E-state index contributed by atoms with van der Waals surface area (Å²) < 4.78 is 25.3.